The fraction of sp³-hybridized carbons (Fsp3) is 0.348. The van der Waals surface area contributed by atoms with Crippen LogP contribution in [-0.2, 0) is 19.6 Å². The fourth-order valence-corrected chi connectivity index (χ4v) is 3.01. The molecule has 2 heterocycles. The standard InChI is InChI=1S/C23H30N6O.HI/c1-3-15-30-22-20(11-7-12-25-22)17-27-23(24-4-2)26-16-19-9-5-6-10-21(19)18-29-14-8-13-28-29;/h5-14H,3-4,15-18H2,1-2H3,(H2,24,26,27);1H. The van der Waals surface area contributed by atoms with E-state index in [0.29, 0.717) is 25.6 Å². The molecule has 8 heteroatoms. The van der Waals surface area contributed by atoms with Crippen molar-refractivity contribution in [3.63, 3.8) is 0 Å². The van der Waals surface area contributed by atoms with E-state index in [0.717, 1.165) is 31.0 Å². The van der Waals surface area contributed by atoms with E-state index in [1.807, 2.05) is 29.1 Å². The maximum absolute atomic E-state index is 5.74. The molecule has 0 saturated carbocycles. The number of nitrogens with zero attached hydrogens (tertiary/aromatic N) is 4. The molecule has 0 bridgehead atoms. The summed E-state index contributed by atoms with van der Waals surface area (Å²) >= 11 is 0. The summed E-state index contributed by atoms with van der Waals surface area (Å²) < 4.78 is 7.67. The Morgan fingerprint density at radius 2 is 1.81 bits per heavy atom. The summed E-state index contributed by atoms with van der Waals surface area (Å²) in [6, 6.07) is 14.2. The Kier molecular flexibility index (Phi) is 10.8. The maximum Gasteiger partial charge on any atom is 0.218 e. The van der Waals surface area contributed by atoms with Gasteiger partial charge in [0, 0.05) is 37.2 Å². The van der Waals surface area contributed by atoms with Crippen molar-refractivity contribution in [1.82, 2.24) is 25.4 Å². The Bertz CT molecular complexity index is 929. The molecule has 2 aromatic heterocycles. The Morgan fingerprint density at radius 1 is 1.00 bits per heavy atom. The van der Waals surface area contributed by atoms with Crippen molar-refractivity contribution in [2.45, 2.75) is 39.9 Å². The molecular formula is C23H31IN6O. The minimum atomic E-state index is 0. The van der Waals surface area contributed by atoms with Crippen LogP contribution in [0.1, 0.15) is 37.0 Å². The summed E-state index contributed by atoms with van der Waals surface area (Å²) in [4.78, 5) is 9.07. The number of pyridine rings is 1. The second-order valence-corrected chi connectivity index (χ2v) is 6.84. The SMILES string of the molecule is CCCOc1ncccc1CN=C(NCC)NCc1ccccc1Cn1cccn1.I. The first kappa shape index (κ1) is 24.6. The van der Waals surface area contributed by atoms with Gasteiger partial charge in [-0.25, -0.2) is 9.98 Å². The number of guanidine groups is 1. The number of ether oxygens (including phenoxy) is 1. The third-order valence-electron chi connectivity index (χ3n) is 4.50. The number of rotatable bonds is 10. The predicted molar refractivity (Wildman–Crippen MR) is 135 cm³/mol. The van der Waals surface area contributed by atoms with Gasteiger partial charge in [0.25, 0.3) is 0 Å². The van der Waals surface area contributed by atoms with Crippen LogP contribution >= 0.6 is 24.0 Å². The second-order valence-electron chi connectivity index (χ2n) is 6.84. The molecule has 0 aliphatic carbocycles. The number of hydrogen-bond acceptors (Lipinski definition) is 4. The van der Waals surface area contributed by atoms with Crippen LogP contribution in [-0.4, -0.2) is 33.9 Å². The number of halogens is 1. The van der Waals surface area contributed by atoms with E-state index in [2.05, 4.69) is 58.8 Å². The molecular weight excluding hydrogens is 503 g/mol. The molecule has 0 saturated heterocycles. The molecule has 0 aliphatic heterocycles. The van der Waals surface area contributed by atoms with Gasteiger partial charge in [0.1, 0.15) is 0 Å². The lowest BCUT2D eigenvalue weighted by Gasteiger charge is -2.14. The fourth-order valence-electron chi connectivity index (χ4n) is 3.01. The van der Waals surface area contributed by atoms with E-state index in [-0.39, 0.29) is 24.0 Å². The van der Waals surface area contributed by atoms with Gasteiger partial charge in [-0.05, 0) is 36.6 Å². The van der Waals surface area contributed by atoms with Crippen molar-refractivity contribution < 1.29 is 4.74 Å². The highest BCUT2D eigenvalue weighted by Crippen LogP contribution is 2.15. The summed E-state index contributed by atoms with van der Waals surface area (Å²) in [6.07, 6.45) is 6.47. The summed E-state index contributed by atoms with van der Waals surface area (Å²) in [7, 11) is 0. The van der Waals surface area contributed by atoms with Crippen LogP contribution in [0.25, 0.3) is 0 Å². The maximum atomic E-state index is 5.74. The second kappa shape index (κ2) is 13.6. The Balaban J connectivity index is 0.00000341. The zero-order valence-corrected chi connectivity index (χ0v) is 20.5. The first-order valence-corrected chi connectivity index (χ1v) is 10.4. The molecule has 0 unspecified atom stereocenters. The van der Waals surface area contributed by atoms with Gasteiger partial charge >= 0.3 is 0 Å². The van der Waals surface area contributed by atoms with Crippen LogP contribution in [0.15, 0.2) is 66.0 Å². The smallest absolute Gasteiger partial charge is 0.218 e. The van der Waals surface area contributed by atoms with E-state index in [9.17, 15) is 0 Å². The predicted octanol–water partition coefficient (Wildman–Crippen LogP) is 3.99. The van der Waals surface area contributed by atoms with Gasteiger partial charge in [-0.3, -0.25) is 4.68 Å². The molecule has 0 atom stereocenters. The highest BCUT2D eigenvalue weighted by Gasteiger charge is 2.07. The lowest BCUT2D eigenvalue weighted by Crippen LogP contribution is -2.37. The van der Waals surface area contributed by atoms with Crippen molar-refractivity contribution in [1.29, 1.82) is 0 Å². The lowest BCUT2D eigenvalue weighted by atomic mass is 10.1. The van der Waals surface area contributed by atoms with E-state index in [4.69, 9.17) is 9.73 Å². The molecule has 2 N–H and O–H groups in total. The van der Waals surface area contributed by atoms with Gasteiger partial charge in [0.05, 0.1) is 19.7 Å². The zero-order chi connectivity index (χ0) is 21.0. The highest BCUT2D eigenvalue weighted by molar-refractivity contribution is 14.0. The average Bonchev–Trinajstić information content (AvgIpc) is 3.29. The van der Waals surface area contributed by atoms with Gasteiger partial charge in [-0.1, -0.05) is 37.3 Å². The monoisotopic (exact) mass is 534 g/mol. The van der Waals surface area contributed by atoms with Crippen LogP contribution in [0.5, 0.6) is 5.88 Å². The van der Waals surface area contributed by atoms with Crippen LogP contribution in [0.3, 0.4) is 0 Å². The summed E-state index contributed by atoms with van der Waals surface area (Å²) in [5, 5.41) is 11.1. The Labute approximate surface area is 201 Å². The number of hydrogen-bond donors (Lipinski definition) is 2. The summed E-state index contributed by atoms with van der Waals surface area (Å²) in [5.41, 5.74) is 3.42. The van der Waals surface area contributed by atoms with Crippen molar-refractivity contribution in [2.24, 2.45) is 4.99 Å². The number of benzene rings is 1. The first-order valence-electron chi connectivity index (χ1n) is 10.4. The molecule has 0 amide bonds. The largest absolute Gasteiger partial charge is 0.477 e. The Morgan fingerprint density at radius 3 is 2.55 bits per heavy atom. The summed E-state index contributed by atoms with van der Waals surface area (Å²) in [6.45, 7) is 7.49. The topological polar surface area (TPSA) is 76.4 Å². The summed E-state index contributed by atoms with van der Waals surface area (Å²) in [5.74, 6) is 1.42. The van der Waals surface area contributed by atoms with Crippen molar-refractivity contribution >= 4 is 29.9 Å². The van der Waals surface area contributed by atoms with Crippen molar-refractivity contribution in [3.05, 3.63) is 77.7 Å². The Hall–Kier alpha value is -2.62. The van der Waals surface area contributed by atoms with Crippen LogP contribution in [0, 0.1) is 0 Å². The molecule has 0 radical (unpaired) electrons. The minimum Gasteiger partial charge on any atom is -0.477 e. The third kappa shape index (κ3) is 7.86. The van der Waals surface area contributed by atoms with Gasteiger partial charge in [-0.2, -0.15) is 5.10 Å². The lowest BCUT2D eigenvalue weighted by molar-refractivity contribution is 0.302. The van der Waals surface area contributed by atoms with Gasteiger partial charge < -0.3 is 15.4 Å². The normalized spacial score (nSPS) is 11.0. The quantitative estimate of drug-likeness (QED) is 0.234. The molecule has 0 fully saturated rings. The van der Waals surface area contributed by atoms with Crippen molar-refractivity contribution in [3.8, 4) is 5.88 Å². The van der Waals surface area contributed by atoms with Crippen LogP contribution < -0.4 is 15.4 Å². The third-order valence-corrected chi connectivity index (χ3v) is 4.50. The molecule has 166 valence electrons. The molecule has 31 heavy (non-hydrogen) atoms. The molecule has 1 aromatic carbocycles. The number of nitrogens with one attached hydrogen (secondary N) is 2. The molecule has 0 spiro atoms. The first-order chi connectivity index (χ1) is 14.8. The van der Waals surface area contributed by atoms with Crippen molar-refractivity contribution in [2.75, 3.05) is 13.2 Å². The zero-order valence-electron chi connectivity index (χ0n) is 18.1. The highest BCUT2D eigenvalue weighted by atomic mass is 127. The molecule has 3 rings (SSSR count). The van der Waals surface area contributed by atoms with E-state index < -0.39 is 0 Å². The van der Waals surface area contributed by atoms with Gasteiger partial charge in [-0.15, -0.1) is 24.0 Å². The average molecular weight is 534 g/mol. The van der Waals surface area contributed by atoms with E-state index >= 15 is 0 Å². The van der Waals surface area contributed by atoms with Crippen LogP contribution in [0.4, 0.5) is 0 Å². The molecule has 3 aromatic rings. The minimum absolute atomic E-state index is 0. The molecule has 0 aliphatic rings. The number of aromatic nitrogens is 3. The van der Waals surface area contributed by atoms with Crippen LogP contribution in [0.2, 0.25) is 0 Å². The van der Waals surface area contributed by atoms with E-state index in [1.54, 1.807) is 12.4 Å². The van der Waals surface area contributed by atoms with Gasteiger partial charge in [0.2, 0.25) is 5.88 Å². The van der Waals surface area contributed by atoms with Gasteiger partial charge in [0.15, 0.2) is 5.96 Å². The molecule has 7 nitrogen and oxygen atoms in total. The van der Waals surface area contributed by atoms with E-state index in [1.165, 1.54) is 11.1 Å². The number of aliphatic imine (C=N–C) groups is 1.